The van der Waals surface area contributed by atoms with Crippen molar-refractivity contribution in [2.24, 2.45) is 11.8 Å². The fraction of sp³-hybridized carbons (Fsp3) is 0.857. The summed E-state index contributed by atoms with van der Waals surface area (Å²) in [4.78, 5) is 11.7. The molecule has 3 nitrogen and oxygen atoms in total. The Morgan fingerprint density at radius 3 is 2.54 bits per heavy atom. The van der Waals surface area contributed by atoms with Crippen LogP contribution in [-0.2, 0) is 14.3 Å². The second-order valence-electron chi connectivity index (χ2n) is 7.97. The van der Waals surface area contributed by atoms with Gasteiger partial charge in [-0.3, -0.25) is 4.79 Å². The van der Waals surface area contributed by atoms with Gasteiger partial charge in [0.2, 0.25) is 0 Å². The molecule has 1 unspecified atom stereocenters. The van der Waals surface area contributed by atoms with Gasteiger partial charge in [0.05, 0.1) is 12.0 Å². The normalized spacial score (nSPS) is 35.2. The molecular formula is C21H36O3. The van der Waals surface area contributed by atoms with Gasteiger partial charge in [-0.2, -0.15) is 0 Å². The highest BCUT2D eigenvalue weighted by atomic mass is 16.6. The molecule has 0 saturated carbocycles. The number of carbonyl (C=O) groups excluding carboxylic acids is 1. The number of ether oxygens (including phenoxy) is 2. The maximum atomic E-state index is 11.7. The molecule has 0 aliphatic carbocycles. The lowest BCUT2D eigenvalue weighted by molar-refractivity contribution is -0.149. The van der Waals surface area contributed by atoms with Crippen molar-refractivity contribution < 1.29 is 14.3 Å². The van der Waals surface area contributed by atoms with E-state index in [1.165, 1.54) is 12.8 Å². The van der Waals surface area contributed by atoms with Gasteiger partial charge in [0.1, 0.15) is 11.7 Å². The van der Waals surface area contributed by atoms with Gasteiger partial charge in [0.25, 0.3) is 0 Å². The van der Waals surface area contributed by atoms with Gasteiger partial charge < -0.3 is 9.47 Å². The maximum absolute atomic E-state index is 11.7. The highest BCUT2D eigenvalue weighted by molar-refractivity contribution is 5.73. The fourth-order valence-corrected chi connectivity index (χ4v) is 4.70. The monoisotopic (exact) mass is 336 g/mol. The van der Waals surface area contributed by atoms with Crippen molar-refractivity contribution in [3.8, 4) is 0 Å². The van der Waals surface area contributed by atoms with Crippen molar-refractivity contribution in [3.05, 3.63) is 12.2 Å². The quantitative estimate of drug-likeness (QED) is 0.416. The minimum Gasteiger partial charge on any atom is -0.456 e. The topological polar surface area (TPSA) is 35.5 Å². The average Bonchev–Trinajstić information content (AvgIpc) is 3.01. The Morgan fingerprint density at radius 2 is 2.00 bits per heavy atom. The van der Waals surface area contributed by atoms with Crippen molar-refractivity contribution in [2.45, 2.75) is 103 Å². The van der Waals surface area contributed by atoms with E-state index >= 15 is 0 Å². The van der Waals surface area contributed by atoms with Crippen molar-refractivity contribution in [2.75, 3.05) is 0 Å². The van der Waals surface area contributed by atoms with E-state index in [1.807, 2.05) is 0 Å². The highest BCUT2D eigenvalue weighted by Crippen LogP contribution is 2.51. The number of fused-ring (bicyclic) bond motifs is 1. The highest BCUT2D eigenvalue weighted by Gasteiger charge is 2.60. The molecule has 138 valence electrons. The molecule has 2 aliphatic rings. The summed E-state index contributed by atoms with van der Waals surface area (Å²) in [5.74, 6) is 1.18. The van der Waals surface area contributed by atoms with Crippen LogP contribution in [0, 0.1) is 11.8 Å². The summed E-state index contributed by atoms with van der Waals surface area (Å²) in [6.45, 7) is 11.1. The predicted molar refractivity (Wildman–Crippen MR) is 97.9 cm³/mol. The minimum atomic E-state index is -0.362. The zero-order chi connectivity index (χ0) is 17.8. The average molecular weight is 337 g/mol. The van der Waals surface area contributed by atoms with Gasteiger partial charge in [-0.15, -0.1) is 0 Å². The first-order valence-electron chi connectivity index (χ1n) is 9.98. The molecule has 5 atom stereocenters. The largest absolute Gasteiger partial charge is 0.456 e. The Kier molecular flexibility index (Phi) is 6.52. The SMILES string of the molecule is CC/C=C/C(CC)C[C@H](C)C[C@]1(CC)C[C@@]2(CC)OC(=O)C[C@H]2O1. The summed E-state index contributed by atoms with van der Waals surface area (Å²) in [7, 11) is 0. The van der Waals surface area contributed by atoms with Crippen LogP contribution < -0.4 is 0 Å². The molecule has 0 aromatic rings. The lowest BCUT2D eigenvalue weighted by Crippen LogP contribution is -2.36. The van der Waals surface area contributed by atoms with Gasteiger partial charge in [0, 0.05) is 6.42 Å². The smallest absolute Gasteiger partial charge is 0.309 e. The van der Waals surface area contributed by atoms with Crippen LogP contribution >= 0.6 is 0 Å². The van der Waals surface area contributed by atoms with Crippen LogP contribution in [0.4, 0.5) is 0 Å². The fourth-order valence-electron chi connectivity index (χ4n) is 4.70. The molecule has 0 amide bonds. The number of hydrogen-bond acceptors (Lipinski definition) is 3. The summed E-state index contributed by atoms with van der Waals surface area (Å²) in [5.41, 5.74) is -0.480. The standard InChI is InChI=1S/C21H36O3/c1-6-10-11-17(7-2)12-16(5)14-20(8-3)15-21(9-4)18(23-20)13-19(22)24-21/h10-11,16-18H,6-9,12-15H2,1-5H3/b11-10+/t16-,17?,18+,20+,21+/m0/s1. The third-order valence-electron chi connectivity index (χ3n) is 6.11. The summed E-state index contributed by atoms with van der Waals surface area (Å²) in [6.07, 6.45) is 12.4. The lowest BCUT2D eigenvalue weighted by Gasteiger charge is -2.33. The predicted octanol–water partition coefficient (Wildman–Crippen LogP) is 5.43. The number of carbonyl (C=O) groups is 1. The molecule has 2 heterocycles. The van der Waals surface area contributed by atoms with E-state index in [0.29, 0.717) is 18.3 Å². The van der Waals surface area contributed by atoms with Crippen LogP contribution in [0.25, 0.3) is 0 Å². The molecular weight excluding hydrogens is 300 g/mol. The second-order valence-corrected chi connectivity index (χ2v) is 7.97. The third kappa shape index (κ3) is 4.04. The van der Waals surface area contributed by atoms with E-state index in [0.717, 1.165) is 32.1 Å². The van der Waals surface area contributed by atoms with Gasteiger partial charge in [0.15, 0.2) is 0 Å². The molecule has 0 radical (unpaired) electrons. The Bertz CT molecular complexity index is 458. The molecule has 2 fully saturated rings. The van der Waals surface area contributed by atoms with E-state index in [2.05, 4.69) is 46.8 Å². The molecule has 2 aliphatic heterocycles. The molecule has 24 heavy (non-hydrogen) atoms. The van der Waals surface area contributed by atoms with Gasteiger partial charge in [-0.05, 0) is 50.4 Å². The maximum Gasteiger partial charge on any atom is 0.309 e. The molecule has 3 heteroatoms. The number of rotatable bonds is 9. The van der Waals surface area contributed by atoms with Crippen molar-refractivity contribution in [1.29, 1.82) is 0 Å². The van der Waals surface area contributed by atoms with Crippen LogP contribution in [0.15, 0.2) is 12.2 Å². The van der Waals surface area contributed by atoms with Crippen LogP contribution in [0.1, 0.15) is 86.0 Å². The number of hydrogen-bond donors (Lipinski definition) is 0. The Labute approximate surface area is 148 Å². The first kappa shape index (κ1) is 19.5. The van der Waals surface area contributed by atoms with Crippen LogP contribution in [0.5, 0.6) is 0 Å². The molecule has 0 spiro atoms. The van der Waals surface area contributed by atoms with Crippen molar-refractivity contribution in [1.82, 2.24) is 0 Å². The Morgan fingerprint density at radius 1 is 1.25 bits per heavy atom. The zero-order valence-corrected chi connectivity index (χ0v) is 16.3. The first-order chi connectivity index (χ1) is 11.4. The van der Waals surface area contributed by atoms with Crippen LogP contribution in [-0.4, -0.2) is 23.3 Å². The summed E-state index contributed by atoms with van der Waals surface area (Å²) in [5, 5.41) is 0. The van der Waals surface area contributed by atoms with E-state index in [1.54, 1.807) is 0 Å². The van der Waals surface area contributed by atoms with E-state index in [-0.39, 0.29) is 23.3 Å². The van der Waals surface area contributed by atoms with Crippen molar-refractivity contribution >= 4 is 5.97 Å². The van der Waals surface area contributed by atoms with Gasteiger partial charge >= 0.3 is 5.97 Å². The summed E-state index contributed by atoms with van der Waals surface area (Å²) in [6, 6.07) is 0. The van der Waals surface area contributed by atoms with E-state index < -0.39 is 0 Å². The summed E-state index contributed by atoms with van der Waals surface area (Å²) < 4.78 is 12.2. The molecule has 0 aromatic heterocycles. The number of allylic oxidation sites excluding steroid dienone is 2. The lowest BCUT2D eigenvalue weighted by atomic mass is 9.78. The molecule has 0 bridgehead atoms. The Balaban J connectivity index is 2.02. The Hall–Kier alpha value is -0.830. The molecule has 0 N–H and O–H groups in total. The molecule has 0 aromatic carbocycles. The minimum absolute atomic E-state index is 0.0379. The van der Waals surface area contributed by atoms with Gasteiger partial charge in [-0.25, -0.2) is 0 Å². The van der Waals surface area contributed by atoms with Crippen LogP contribution in [0.3, 0.4) is 0 Å². The van der Waals surface area contributed by atoms with E-state index in [4.69, 9.17) is 9.47 Å². The first-order valence-corrected chi connectivity index (χ1v) is 9.98. The van der Waals surface area contributed by atoms with Crippen molar-refractivity contribution in [3.63, 3.8) is 0 Å². The second kappa shape index (κ2) is 8.03. The molecule has 2 saturated heterocycles. The number of esters is 1. The summed E-state index contributed by atoms with van der Waals surface area (Å²) >= 11 is 0. The third-order valence-corrected chi connectivity index (χ3v) is 6.11. The van der Waals surface area contributed by atoms with Crippen LogP contribution in [0.2, 0.25) is 0 Å². The molecule has 2 rings (SSSR count). The van der Waals surface area contributed by atoms with Gasteiger partial charge in [-0.1, -0.05) is 46.8 Å². The zero-order valence-electron chi connectivity index (χ0n) is 16.3. The van der Waals surface area contributed by atoms with E-state index in [9.17, 15) is 4.79 Å².